The minimum absolute atomic E-state index is 0.0578. The van der Waals surface area contributed by atoms with Gasteiger partial charge in [0.15, 0.2) is 5.13 Å². The minimum atomic E-state index is -0.243. The molecular weight excluding hydrogens is 334 g/mol. The minimum Gasteiger partial charge on any atom is -0.396 e. The first kappa shape index (κ1) is 15.8. The fourth-order valence-corrected chi connectivity index (χ4v) is 4.17. The van der Waals surface area contributed by atoms with E-state index in [1.54, 1.807) is 13.1 Å². The van der Waals surface area contributed by atoms with Crippen molar-refractivity contribution in [3.8, 4) is 0 Å². The van der Waals surface area contributed by atoms with E-state index >= 15 is 0 Å². The highest BCUT2D eigenvalue weighted by Gasteiger charge is 2.20. The Balaban J connectivity index is 1.91. The zero-order chi connectivity index (χ0) is 16.6. The molecule has 0 unspecified atom stereocenters. The van der Waals surface area contributed by atoms with Crippen molar-refractivity contribution in [1.82, 2.24) is 15.0 Å². The molecule has 0 saturated carbocycles. The highest BCUT2D eigenvalue weighted by atomic mass is 32.1. The first-order chi connectivity index (χ1) is 11.0. The lowest BCUT2D eigenvalue weighted by Gasteiger charge is -2.01. The Labute approximate surface area is 140 Å². The molecule has 0 fully saturated rings. The highest BCUT2D eigenvalue weighted by molar-refractivity contribution is 7.21. The van der Waals surface area contributed by atoms with E-state index in [9.17, 15) is 4.79 Å². The monoisotopic (exact) mass is 349 g/mol. The van der Waals surface area contributed by atoms with Crippen molar-refractivity contribution in [2.75, 3.05) is 17.7 Å². The summed E-state index contributed by atoms with van der Waals surface area (Å²) in [5.74, 6) is 0.726. The van der Waals surface area contributed by atoms with Crippen LogP contribution in [0.4, 0.5) is 10.9 Å². The van der Waals surface area contributed by atoms with Gasteiger partial charge in [-0.2, -0.15) is 0 Å². The van der Waals surface area contributed by atoms with Crippen LogP contribution in [0, 0.1) is 13.8 Å². The number of hydrogen-bond donors (Lipinski definition) is 3. The smallest absolute Gasteiger partial charge is 0.267 e. The Bertz CT molecular complexity index is 887. The molecule has 7 nitrogen and oxygen atoms in total. The quantitative estimate of drug-likeness (QED) is 0.665. The molecule has 3 heterocycles. The normalized spacial score (nSPS) is 11.1. The zero-order valence-electron chi connectivity index (χ0n) is 12.6. The van der Waals surface area contributed by atoms with Crippen molar-refractivity contribution in [3.63, 3.8) is 0 Å². The largest absolute Gasteiger partial charge is 0.396 e. The topological polar surface area (TPSA) is 114 Å². The number of thiazole rings is 1. The van der Waals surface area contributed by atoms with Crippen LogP contribution in [0.5, 0.6) is 0 Å². The molecule has 0 aromatic carbocycles. The Kier molecular flexibility index (Phi) is 4.24. The number of nitrogens with two attached hydrogens (primary N) is 1. The van der Waals surface area contributed by atoms with Crippen molar-refractivity contribution < 1.29 is 9.90 Å². The van der Waals surface area contributed by atoms with Crippen molar-refractivity contribution in [2.45, 2.75) is 20.3 Å². The molecule has 1 amide bonds. The molecule has 3 aromatic heterocycles. The van der Waals surface area contributed by atoms with E-state index in [4.69, 9.17) is 10.8 Å². The Hall–Kier alpha value is -2.10. The zero-order valence-corrected chi connectivity index (χ0v) is 14.2. The van der Waals surface area contributed by atoms with Gasteiger partial charge in [-0.25, -0.2) is 15.0 Å². The fourth-order valence-electron chi connectivity index (χ4n) is 2.24. The van der Waals surface area contributed by atoms with Crippen molar-refractivity contribution in [3.05, 3.63) is 27.3 Å². The molecule has 0 bridgehead atoms. The second-order valence-corrected chi connectivity index (χ2v) is 7.07. The predicted octanol–water partition coefficient (Wildman–Crippen LogP) is 2.13. The van der Waals surface area contributed by atoms with E-state index in [1.165, 1.54) is 22.7 Å². The summed E-state index contributed by atoms with van der Waals surface area (Å²) in [6, 6.07) is 0. The number of carbonyl (C=O) groups is 1. The number of aromatic nitrogens is 3. The number of nitrogen functional groups attached to an aromatic ring is 1. The third-order valence-electron chi connectivity index (χ3n) is 3.27. The number of anilines is 2. The van der Waals surface area contributed by atoms with E-state index in [-0.39, 0.29) is 12.5 Å². The van der Waals surface area contributed by atoms with E-state index in [2.05, 4.69) is 20.3 Å². The summed E-state index contributed by atoms with van der Waals surface area (Å²) < 4.78 is 0. The van der Waals surface area contributed by atoms with Crippen LogP contribution in [0.1, 0.15) is 25.9 Å². The van der Waals surface area contributed by atoms with Crippen molar-refractivity contribution >= 4 is 49.7 Å². The molecule has 120 valence electrons. The number of hydrogen-bond acceptors (Lipinski definition) is 8. The number of aryl methyl sites for hydroxylation is 2. The van der Waals surface area contributed by atoms with Gasteiger partial charge in [0.05, 0.1) is 10.3 Å². The molecule has 3 aromatic rings. The first-order valence-corrected chi connectivity index (χ1v) is 8.53. The lowest BCUT2D eigenvalue weighted by molar-refractivity contribution is 0.103. The maximum Gasteiger partial charge on any atom is 0.267 e. The lowest BCUT2D eigenvalue weighted by Crippen LogP contribution is -2.11. The molecule has 3 rings (SSSR count). The first-order valence-electron chi connectivity index (χ1n) is 6.89. The average molecular weight is 349 g/mol. The van der Waals surface area contributed by atoms with Gasteiger partial charge in [-0.15, -0.1) is 22.7 Å². The summed E-state index contributed by atoms with van der Waals surface area (Å²) >= 11 is 2.64. The number of amides is 1. The van der Waals surface area contributed by atoms with Gasteiger partial charge in [0.2, 0.25) is 0 Å². The molecule has 0 aliphatic carbocycles. The molecule has 0 aliphatic rings. The SMILES string of the molecule is Cc1nc(N)c2c(C)c(C(=O)Nc3ncc(CCO)s3)sc2n1. The summed E-state index contributed by atoms with van der Waals surface area (Å²) in [5, 5.41) is 12.9. The van der Waals surface area contributed by atoms with Crippen LogP contribution in [0.15, 0.2) is 6.20 Å². The van der Waals surface area contributed by atoms with E-state index < -0.39 is 0 Å². The van der Waals surface area contributed by atoms with Gasteiger partial charge in [0.25, 0.3) is 5.91 Å². The molecule has 0 atom stereocenters. The maximum atomic E-state index is 12.5. The van der Waals surface area contributed by atoms with E-state index in [0.717, 1.165) is 15.8 Å². The second-order valence-electron chi connectivity index (χ2n) is 4.95. The molecular formula is C14H15N5O2S2. The fraction of sp³-hybridized carbons (Fsp3) is 0.286. The van der Waals surface area contributed by atoms with Crippen LogP contribution in [-0.2, 0) is 6.42 Å². The van der Waals surface area contributed by atoms with Crippen LogP contribution in [0.2, 0.25) is 0 Å². The standard InChI is InChI=1S/C14H15N5O2S2/c1-6-9-11(15)17-7(2)18-13(9)23-10(6)12(21)19-14-16-5-8(22-14)3-4-20/h5,20H,3-4H2,1-2H3,(H2,15,17,18)(H,16,19,21). The molecule has 0 saturated heterocycles. The van der Waals surface area contributed by atoms with Gasteiger partial charge in [0.1, 0.15) is 16.5 Å². The summed E-state index contributed by atoms with van der Waals surface area (Å²) in [6.07, 6.45) is 2.18. The van der Waals surface area contributed by atoms with Crippen molar-refractivity contribution in [2.24, 2.45) is 0 Å². The van der Waals surface area contributed by atoms with Gasteiger partial charge in [-0.1, -0.05) is 0 Å². The van der Waals surface area contributed by atoms with E-state index in [1.807, 2.05) is 6.92 Å². The molecule has 0 spiro atoms. The Morgan fingerprint density at radius 3 is 2.87 bits per heavy atom. The number of rotatable bonds is 4. The lowest BCUT2D eigenvalue weighted by atomic mass is 10.2. The Morgan fingerprint density at radius 2 is 2.13 bits per heavy atom. The number of carbonyl (C=O) groups excluding carboxylic acids is 1. The Morgan fingerprint density at radius 1 is 1.35 bits per heavy atom. The third kappa shape index (κ3) is 3.03. The number of thiophene rings is 1. The maximum absolute atomic E-state index is 12.5. The average Bonchev–Trinajstić information content (AvgIpc) is 3.04. The van der Waals surface area contributed by atoms with Gasteiger partial charge in [0, 0.05) is 24.1 Å². The number of nitrogens with one attached hydrogen (secondary N) is 1. The number of aliphatic hydroxyl groups excluding tert-OH is 1. The summed E-state index contributed by atoms with van der Waals surface area (Å²) in [7, 11) is 0. The predicted molar refractivity (Wildman–Crippen MR) is 92.2 cm³/mol. The molecule has 0 radical (unpaired) electrons. The van der Waals surface area contributed by atoms with Crippen molar-refractivity contribution in [1.29, 1.82) is 0 Å². The summed E-state index contributed by atoms with van der Waals surface area (Å²) in [5.41, 5.74) is 6.72. The highest BCUT2D eigenvalue weighted by Crippen LogP contribution is 2.33. The summed E-state index contributed by atoms with van der Waals surface area (Å²) in [6.45, 7) is 3.66. The second kappa shape index (κ2) is 6.19. The molecule has 0 aliphatic heterocycles. The van der Waals surface area contributed by atoms with Gasteiger partial charge >= 0.3 is 0 Å². The third-order valence-corrected chi connectivity index (χ3v) is 5.43. The summed E-state index contributed by atoms with van der Waals surface area (Å²) in [4.78, 5) is 27.3. The van der Waals surface area contributed by atoms with Gasteiger partial charge < -0.3 is 10.8 Å². The van der Waals surface area contributed by atoms with E-state index in [0.29, 0.717) is 32.9 Å². The van der Waals surface area contributed by atoms with Crippen LogP contribution >= 0.6 is 22.7 Å². The number of fused-ring (bicyclic) bond motifs is 1. The number of nitrogens with zero attached hydrogens (tertiary/aromatic N) is 3. The van der Waals surface area contributed by atoms with Crippen LogP contribution in [-0.4, -0.2) is 32.6 Å². The molecule has 4 N–H and O–H groups in total. The van der Waals surface area contributed by atoms with Crippen LogP contribution < -0.4 is 11.1 Å². The van der Waals surface area contributed by atoms with Gasteiger partial charge in [-0.3, -0.25) is 10.1 Å². The molecule has 23 heavy (non-hydrogen) atoms. The van der Waals surface area contributed by atoms with Crippen LogP contribution in [0.3, 0.4) is 0 Å². The number of aliphatic hydroxyl groups is 1. The van der Waals surface area contributed by atoms with Gasteiger partial charge in [-0.05, 0) is 19.4 Å². The molecule has 9 heteroatoms. The van der Waals surface area contributed by atoms with Crippen LogP contribution in [0.25, 0.3) is 10.2 Å².